The molecule has 152 valence electrons. The van der Waals surface area contributed by atoms with E-state index in [0.717, 1.165) is 56.8 Å². The fraction of sp³-hybridized carbons (Fsp3) is 0.478. The molecule has 2 aromatic rings. The Morgan fingerprint density at radius 2 is 1.57 bits per heavy atom. The van der Waals surface area contributed by atoms with E-state index in [-0.39, 0.29) is 5.92 Å². The summed E-state index contributed by atoms with van der Waals surface area (Å²) in [6.45, 7) is 6.17. The van der Waals surface area contributed by atoms with Gasteiger partial charge in [0.25, 0.3) is 0 Å². The summed E-state index contributed by atoms with van der Waals surface area (Å²) in [5.41, 5.74) is 1.04. The summed E-state index contributed by atoms with van der Waals surface area (Å²) in [4.78, 5) is 2.38. The van der Waals surface area contributed by atoms with Gasteiger partial charge in [0.1, 0.15) is 0 Å². The van der Waals surface area contributed by atoms with Gasteiger partial charge in [0.05, 0.1) is 18.8 Å². The number of rotatable bonds is 8. The number of halogens is 2. The van der Waals surface area contributed by atoms with Crippen LogP contribution in [0.15, 0.2) is 48.5 Å². The van der Waals surface area contributed by atoms with Crippen LogP contribution in [0.1, 0.15) is 43.2 Å². The maximum absolute atomic E-state index is 12.1. The van der Waals surface area contributed by atoms with Gasteiger partial charge in [-0.25, -0.2) is 0 Å². The SMILES string of the molecule is CCCC[C@@](O)(c1ccc(Cl)cc1)[C@H](CN1CCOCC1)c1ccc(Cl)cc1. The van der Waals surface area contributed by atoms with Crippen LogP contribution in [0.4, 0.5) is 0 Å². The Morgan fingerprint density at radius 1 is 1.00 bits per heavy atom. The first kappa shape index (κ1) is 21.6. The number of nitrogens with zero attached hydrogens (tertiary/aromatic N) is 1. The second-order valence-corrected chi connectivity index (χ2v) is 8.42. The van der Waals surface area contributed by atoms with Crippen molar-refractivity contribution in [3.8, 4) is 0 Å². The molecule has 0 bridgehead atoms. The minimum absolute atomic E-state index is 0.0735. The molecular weight excluding hydrogens is 393 g/mol. The van der Waals surface area contributed by atoms with E-state index >= 15 is 0 Å². The monoisotopic (exact) mass is 421 g/mol. The third kappa shape index (κ3) is 5.28. The second-order valence-electron chi connectivity index (χ2n) is 7.55. The zero-order valence-corrected chi connectivity index (χ0v) is 17.9. The molecule has 0 spiro atoms. The predicted molar refractivity (Wildman–Crippen MR) is 116 cm³/mol. The van der Waals surface area contributed by atoms with E-state index in [0.29, 0.717) is 16.5 Å². The molecule has 5 heteroatoms. The molecule has 0 amide bonds. The molecule has 3 rings (SSSR count). The fourth-order valence-electron chi connectivity index (χ4n) is 3.97. The van der Waals surface area contributed by atoms with Crippen LogP contribution in [-0.2, 0) is 10.3 Å². The van der Waals surface area contributed by atoms with E-state index in [2.05, 4.69) is 11.8 Å². The second kappa shape index (κ2) is 10.1. The number of benzene rings is 2. The molecular formula is C23H29Cl2NO2. The Balaban J connectivity index is 2.00. The minimum Gasteiger partial charge on any atom is -0.384 e. The largest absolute Gasteiger partial charge is 0.384 e. The summed E-state index contributed by atoms with van der Waals surface area (Å²) >= 11 is 12.3. The Kier molecular flexibility index (Phi) is 7.78. The maximum Gasteiger partial charge on any atom is 0.0977 e. The standard InChI is InChI=1S/C23H29Cl2NO2/c1-2-3-12-23(27,19-6-10-21(25)11-7-19)22(17-26-13-15-28-16-14-26)18-4-8-20(24)9-5-18/h4-11,22,27H,2-3,12-17H2,1H3/t22-,23-/m1/s1. The van der Waals surface area contributed by atoms with Gasteiger partial charge in [-0.3, -0.25) is 4.90 Å². The van der Waals surface area contributed by atoms with Crippen LogP contribution in [0, 0.1) is 0 Å². The first-order valence-corrected chi connectivity index (χ1v) is 10.8. The van der Waals surface area contributed by atoms with E-state index in [1.807, 2.05) is 48.5 Å². The molecule has 1 saturated heterocycles. The molecule has 1 N–H and O–H groups in total. The van der Waals surface area contributed by atoms with Gasteiger partial charge in [-0.1, -0.05) is 67.2 Å². The van der Waals surface area contributed by atoms with Crippen LogP contribution >= 0.6 is 23.2 Å². The van der Waals surface area contributed by atoms with Crippen molar-refractivity contribution in [3.05, 3.63) is 69.7 Å². The lowest BCUT2D eigenvalue weighted by Gasteiger charge is -2.41. The van der Waals surface area contributed by atoms with Gasteiger partial charge in [0, 0.05) is 35.6 Å². The third-order valence-corrected chi connectivity index (χ3v) is 6.15. The van der Waals surface area contributed by atoms with Crippen molar-refractivity contribution in [2.24, 2.45) is 0 Å². The number of ether oxygens (including phenoxy) is 1. The fourth-order valence-corrected chi connectivity index (χ4v) is 4.23. The average Bonchev–Trinajstić information content (AvgIpc) is 2.72. The van der Waals surface area contributed by atoms with Gasteiger partial charge in [-0.15, -0.1) is 0 Å². The van der Waals surface area contributed by atoms with E-state index in [1.165, 1.54) is 0 Å². The van der Waals surface area contributed by atoms with Gasteiger partial charge in [-0.2, -0.15) is 0 Å². The van der Waals surface area contributed by atoms with Gasteiger partial charge in [-0.05, 0) is 41.8 Å². The number of aliphatic hydroxyl groups is 1. The maximum atomic E-state index is 12.1. The molecule has 2 atom stereocenters. The molecule has 1 heterocycles. The Bertz CT molecular complexity index is 729. The zero-order chi connectivity index (χ0) is 20.0. The molecule has 0 aliphatic carbocycles. The van der Waals surface area contributed by atoms with Crippen LogP contribution < -0.4 is 0 Å². The highest BCUT2D eigenvalue weighted by atomic mass is 35.5. The van der Waals surface area contributed by atoms with Crippen LogP contribution in [0.25, 0.3) is 0 Å². The quantitative estimate of drug-likeness (QED) is 0.611. The van der Waals surface area contributed by atoms with Crippen molar-refractivity contribution in [3.63, 3.8) is 0 Å². The first-order chi connectivity index (χ1) is 13.5. The van der Waals surface area contributed by atoms with Crippen molar-refractivity contribution < 1.29 is 9.84 Å². The summed E-state index contributed by atoms with van der Waals surface area (Å²) in [7, 11) is 0. The van der Waals surface area contributed by atoms with Crippen molar-refractivity contribution in [2.75, 3.05) is 32.8 Å². The highest BCUT2D eigenvalue weighted by molar-refractivity contribution is 6.30. The van der Waals surface area contributed by atoms with Gasteiger partial charge < -0.3 is 9.84 Å². The van der Waals surface area contributed by atoms with Crippen molar-refractivity contribution in [1.82, 2.24) is 4.90 Å². The van der Waals surface area contributed by atoms with E-state index < -0.39 is 5.60 Å². The molecule has 3 nitrogen and oxygen atoms in total. The summed E-state index contributed by atoms with van der Waals surface area (Å²) in [6, 6.07) is 15.5. The predicted octanol–water partition coefficient (Wildman–Crippen LogP) is 5.49. The van der Waals surface area contributed by atoms with E-state index in [1.54, 1.807) is 0 Å². The number of hydrogen-bond donors (Lipinski definition) is 1. The van der Waals surface area contributed by atoms with Crippen molar-refractivity contribution in [2.45, 2.75) is 37.7 Å². The summed E-state index contributed by atoms with van der Waals surface area (Å²) < 4.78 is 5.51. The molecule has 1 aliphatic rings. The van der Waals surface area contributed by atoms with Crippen molar-refractivity contribution in [1.29, 1.82) is 0 Å². The number of hydrogen-bond acceptors (Lipinski definition) is 3. The Labute approximate surface area is 178 Å². The van der Waals surface area contributed by atoms with Crippen LogP contribution in [0.2, 0.25) is 10.0 Å². The zero-order valence-electron chi connectivity index (χ0n) is 16.4. The van der Waals surface area contributed by atoms with Crippen molar-refractivity contribution >= 4 is 23.2 Å². The Hall–Kier alpha value is -1.10. The van der Waals surface area contributed by atoms with E-state index in [4.69, 9.17) is 27.9 Å². The van der Waals surface area contributed by atoms with Gasteiger partial charge in [0.15, 0.2) is 0 Å². The van der Waals surface area contributed by atoms with Crippen LogP contribution in [0.3, 0.4) is 0 Å². The lowest BCUT2D eigenvalue weighted by molar-refractivity contribution is -0.0293. The Morgan fingerprint density at radius 3 is 2.14 bits per heavy atom. The third-order valence-electron chi connectivity index (χ3n) is 5.65. The lowest BCUT2D eigenvalue weighted by atomic mass is 9.74. The average molecular weight is 422 g/mol. The van der Waals surface area contributed by atoms with Gasteiger partial charge >= 0.3 is 0 Å². The molecule has 28 heavy (non-hydrogen) atoms. The number of morpholine rings is 1. The molecule has 0 radical (unpaired) electrons. The smallest absolute Gasteiger partial charge is 0.0977 e. The number of unbranched alkanes of at least 4 members (excludes halogenated alkanes) is 1. The molecule has 1 aliphatic heterocycles. The molecule has 0 saturated carbocycles. The molecule has 0 unspecified atom stereocenters. The van der Waals surface area contributed by atoms with Crippen LogP contribution in [-0.4, -0.2) is 42.9 Å². The lowest BCUT2D eigenvalue weighted by Crippen LogP contribution is -2.45. The summed E-state index contributed by atoms with van der Waals surface area (Å²) in [5.74, 6) is -0.0735. The molecule has 1 fully saturated rings. The van der Waals surface area contributed by atoms with Crippen LogP contribution in [0.5, 0.6) is 0 Å². The topological polar surface area (TPSA) is 32.7 Å². The molecule has 0 aromatic heterocycles. The minimum atomic E-state index is -0.979. The highest BCUT2D eigenvalue weighted by Gasteiger charge is 2.40. The normalized spacial score (nSPS) is 18.6. The summed E-state index contributed by atoms with van der Waals surface area (Å²) in [6.07, 6.45) is 2.68. The van der Waals surface area contributed by atoms with E-state index in [9.17, 15) is 5.11 Å². The molecule has 2 aromatic carbocycles. The highest BCUT2D eigenvalue weighted by Crippen LogP contribution is 2.42. The summed E-state index contributed by atoms with van der Waals surface area (Å²) in [5, 5.41) is 13.5. The first-order valence-electron chi connectivity index (χ1n) is 10.1. The van der Waals surface area contributed by atoms with Gasteiger partial charge in [0.2, 0.25) is 0 Å².